The average Bonchev–Trinajstić information content (AvgIpc) is 3.59. The normalized spacial score (nSPS) is 18.3. The molecule has 4 nitrogen and oxygen atoms in total. The minimum absolute atomic E-state index is 0.0986. The molecule has 1 saturated carbocycles. The van der Waals surface area contributed by atoms with E-state index >= 15 is 0 Å². The number of benzene rings is 1. The number of rotatable bonds is 18. The Balaban J connectivity index is 0.00000174. The second-order valence-corrected chi connectivity index (χ2v) is 13.9. The van der Waals surface area contributed by atoms with Crippen LogP contribution in [-0.4, -0.2) is 40.2 Å². The van der Waals surface area contributed by atoms with Crippen LogP contribution in [0.1, 0.15) is 125 Å². The Morgan fingerprint density at radius 2 is 1.47 bits per heavy atom. The molecular formula is C42H72N4S. The van der Waals surface area contributed by atoms with Crippen molar-refractivity contribution in [2.24, 2.45) is 5.92 Å². The molecule has 266 valence electrons. The first-order chi connectivity index (χ1) is 22.7. The van der Waals surface area contributed by atoms with E-state index in [0.29, 0.717) is 17.2 Å². The lowest BCUT2D eigenvalue weighted by molar-refractivity contribution is 0.277. The molecule has 3 aliphatic rings. The topological polar surface area (TPSA) is 39.3 Å². The average molecular weight is 665 g/mol. The number of fused-ring (bicyclic) bond motifs is 1. The molecule has 5 heteroatoms. The number of nitrogens with zero attached hydrogens (tertiary/aromatic N) is 1. The van der Waals surface area contributed by atoms with Crippen LogP contribution < -0.4 is 16.0 Å². The van der Waals surface area contributed by atoms with Crippen LogP contribution in [0.4, 0.5) is 0 Å². The fourth-order valence-electron chi connectivity index (χ4n) is 6.35. The van der Waals surface area contributed by atoms with Crippen LogP contribution in [0.15, 0.2) is 85.5 Å². The van der Waals surface area contributed by atoms with Gasteiger partial charge in [-0.1, -0.05) is 131 Å². The lowest BCUT2D eigenvalue weighted by Gasteiger charge is -2.39. The number of likely N-dealkylation sites (tertiary alicyclic amines) is 1. The molecule has 2 fully saturated rings. The zero-order valence-corrected chi connectivity index (χ0v) is 32.8. The number of thioether (sulfide) groups is 1. The van der Waals surface area contributed by atoms with Gasteiger partial charge in [0.05, 0.1) is 23.3 Å². The van der Waals surface area contributed by atoms with E-state index in [1.54, 1.807) is 0 Å². The number of unbranched alkanes of at least 4 members (excludes halogenated alkanes) is 1. The van der Waals surface area contributed by atoms with Crippen LogP contribution in [0, 0.1) is 5.92 Å². The van der Waals surface area contributed by atoms with Gasteiger partial charge in [-0.15, -0.1) is 11.8 Å². The summed E-state index contributed by atoms with van der Waals surface area (Å²) >= 11 is 1.98. The first kappa shape index (κ1) is 42.5. The summed E-state index contributed by atoms with van der Waals surface area (Å²) in [6.45, 7) is 41.9. The molecule has 1 heterocycles. The van der Waals surface area contributed by atoms with Gasteiger partial charge in [-0.25, -0.2) is 0 Å². The molecule has 4 rings (SSSR count). The third-order valence-corrected chi connectivity index (χ3v) is 10.6. The van der Waals surface area contributed by atoms with Gasteiger partial charge in [-0.05, 0) is 80.9 Å². The van der Waals surface area contributed by atoms with Crippen molar-refractivity contribution < 1.29 is 0 Å². The van der Waals surface area contributed by atoms with Gasteiger partial charge >= 0.3 is 0 Å². The molecule has 1 aromatic rings. The third kappa shape index (κ3) is 13.1. The highest BCUT2D eigenvalue weighted by Gasteiger charge is 2.37. The van der Waals surface area contributed by atoms with Gasteiger partial charge in [0, 0.05) is 29.2 Å². The summed E-state index contributed by atoms with van der Waals surface area (Å²) < 4.78 is 0. The predicted molar refractivity (Wildman–Crippen MR) is 214 cm³/mol. The second kappa shape index (κ2) is 22.9. The van der Waals surface area contributed by atoms with Crippen LogP contribution in [0.2, 0.25) is 0 Å². The molecule has 1 aliphatic heterocycles. The monoisotopic (exact) mass is 665 g/mol. The summed E-state index contributed by atoms with van der Waals surface area (Å²) in [4.78, 5) is 2.51. The van der Waals surface area contributed by atoms with E-state index in [9.17, 15) is 0 Å². The van der Waals surface area contributed by atoms with E-state index in [1.165, 1.54) is 43.2 Å². The van der Waals surface area contributed by atoms with Crippen molar-refractivity contribution in [3.8, 4) is 0 Å². The van der Waals surface area contributed by atoms with E-state index < -0.39 is 0 Å². The summed E-state index contributed by atoms with van der Waals surface area (Å²) in [6, 6.07) is 9.66. The molecule has 0 bridgehead atoms. The molecule has 2 aliphatic carbocycles. The lowest BCUT2D eigenvalue weighted by atomic mass is 9.93. The fourth-order valence-corrected chi connectivity index (χ4v) is 7.72. The Morgan fingerprint density at radius 3 is 1.98 bits per heavy atom. The summed E-state index contributed by atoms with van der Waals surface area (Å²) in [6.07, 6.45) is 11.6. The molecule has 0 amide bonds. The Labute approximate surface area is 296 Å². The van der Waals surface area contributed by atoms with E-state index in [-0.39, 0.29) is 17.5 Å². The van der Waals surface area contributed by atoms with Gasteiger partial charge < -0.3 is 20.9 Å². The smallest absolute Gasteiger partial charge is 0.0977 e. The van der Waals surface area contributed by atoms with Gasteiger partial charge in [0.25, 0.3) is 0 Å². The highest BCUT2D eigenvalue weighted by Crippen LogP contribution is 2.40. The number of hydrogen-bond donors (Lipinski definition) is 3. The molecule has 0 aromatic heterocycles. The van der Waals surface area contributed by atoms with Gasteiger partial charge in [0.2, 0.25) is 0 Å². The van der Waals surface area contributed by atoms with Crippen molar-refractivity contribution in [2.75, 3.05) is 6.54 Å². The first-order valence-corrected chi connectivity index (χ1v) is 19.9. The van der Waals surface area contributed by atoms with E-state index in [4.69, 9.17) is 6.58 Å². The summed E-state index contributed by atoms with van der Waals surface area (Å²) in [5.74, 6) is 1.35. The van der Waals surface area contributed by atoms with Crippen LogP contribution in [0.5, 0.6) is 0 Å². The standard InChI is InChI=1S/C36H54N4S.3C2H6/c1-9-11-17-32(10-2)38-28(8)39-35(31-22-29-15-12-13-16-30(29)23-31)27(7)40-21-14-18-34(40)26(6)37-36(25(5)24(3)4)41-33-19-20-33;3*1-2/h12-13,15-16,31-39H,3,5-11,14,17-23H2,1-2,4H3;3*1-2H3. The van der Waals surface area contributed by atoms with Crippen molar-refractivity contribution >= 4 is 11.8 Å². The van der Waals surface area contributed by atoms with Crippen molar-refractivity contribution in [1.82, 2.24) is 20.9 Å². The number of nitrogens with one attached hydrogen (secondary N) is 3. The highest BCUT2D eigenvalue weighted by molar-refractivity contribution is 8.00. The maximum Gasteiger partial charge on any atom is 0.0977 e. The molecular weight excluding hydrogens is 593 g/mol. The molecule has 4 atom stereocenters. The van der Waals surface area contributed by atoms with Crippen LogP contribution in [-0.2, 0) is 12.8 Å². The van der Waals surface area contributed by atoms with E-state index in [2.05, 4.69) is 92.2 Å². The van der Waals surface area contributed by atoms with Crippen molar-refractivity contribution in [3.05, 3.63) is 96.6 Å². The van der Waals surface area contributed by atoms with Gasteiger partial charge in [0.1, 0.15) is 0 Å². The maximum atomic E-state index is 4.77. The molecule has 1 saturated heterocycles. The van der Waals surface area contributed by atoms with Crippen molar-refractivity contribution in [1.29, 1.82) is 0 Å². The molecule has 0 radical (unpaired) electrons. The Kier molecular flexibility index (Phi) is 20.7. The summed E-state index contributed by atoms with van der Waals surface area (Å²) in [5.41, 5.74) is 7.27. The van der Waals surface area contributed by atoms with Gasteiger partial charge in [-0.3, -0.25) is 0 Å². The van der Waals surface area contributed by atoms with Crippen molar-refractivity contribution in [3.63, 3.8) is 0 Å². The second-order valence-electron chi connectivity index (χ2n) is 12.5. The molecule has 4 unspecified atom stereocenters. The van der Waals surface area contributed by atoms with Crippen molar-refractivity contribution in [2.45, 2.75) is 155 Å². The van der Waals surface area contributed by atoms with Crippen LogP contribution in [0.25, 0.3) is 0 Å². The fraction of sp³-hybridized carbons (Fsp3) is 0.619. The van der Waals surface area contributed by atoms with Gasteiger partial charge in [-0.2, -0.15) is 0 Å². The largest absolute Gasteiger partial charge is 0.372 e. The Hall–Kier alpha value is -2.53. The van der Waals surface area contributed by atoms with Crippen LogP contribution >= 0.6 is 11.8 Å². The highest BCUT2D eigenvalue weighted by atomic mass is 32.2. The minimum Gasteiger partial charge on any atom is -0.372 e. The molecule has 47 heavy (non-hydrogen) atoms. The Bertz CT molecular complexity index is 1090. The SMILES string of the molecule is C=C(NC(CC)CCCC)NC(C(=C)N1CCCC1C(=C)NC(SC1CC1)C(=C)C(=C)C)C1Cc2ccccc2C1.CC.CC.CC. The van der Waals surface area contributed by atoms with Gasteiger partial charge in [0.15, 0.2) is 0 Å². The first-order valence-electron chi connectivity index (χ1n) is 18.9. The lowest BCUT2D eigenvalue weighted by Crippen LogP contribution is -2.49. The molecule has 1 aromatic carbocycles. The third-order valence-electron chi connectivity index (χ3n) is 9.08. The Morgan fingerprint density at radius 1 is 0.872 bits per heavy atom. The molecule has 3 N–H and O–H groups in total. The molecule has 0 spiro atoms. The minimum atomic E-state index is 0.0986. The zero-order valence-electron chi connectivity index (χ0n) is 31.9. The maximum absolute atomic E-state index is 4.77. The summed E-state index contributed by atoms with van der Waals surface area (Å²) in [5, 5.41) is 12.2. The quantitative estimate of drug-likeness (QED) is 0.108. The number of hydrogen-bond acceptors (Lipinski definition) is 5. The van der Waals surface area contributed by atoms with E-state index in [1.807, 2.05) is 53.3 Å². The summed E-state index contributed by atoms with van der Waals surface area (Å²) in [7, 11) is 0. The van der Waals surface area contributed by atoms with E-state index in [0.717, 1.165) is 67.0 Å². The predicted octanol–water partition coefficient (Wildman–Crippen LogP) is 10.9. The zero-order chi connectivity index (χ0) is 35.5. The van der Waals surface area contributed by atoms with Crippen LogP contribution in [0.3, 0.4) is 0 Å².